The van der Waals surface area contributed by atoms with Crippen LogP contribution < -0.4 is 16.0 Å². The lowest BCUT2D eigenvalue weighted by molar-refractivity contribution is -0.261. The van der Waals surface area contributed by atoms with Crippen LogP contribution in [0.3, 0.4) is 0 Å². The minimum atomic E-state index is -0.666. The monoisotopic (exact) mass is 568 g/mol. The van der Waals surface area contributed by atoms with Crippen LogP contribution in [-0.2, 0) is 38.6 Å². The number of nitrogens with one attached hydrogen (secondary N) is 3. The molecule has 0 spiro atoms. The van der Waals surface area contributed by atoms with Gasteiger partial charge in [0.2, 0.25) is 11.8 Å². The Morgan fingerprint density at radius 3 is 2.62 bits per heavy atom. The Morgan fingerprint density at radius 1 is 1.15 bits per heavy atom. The van der Waals surface area contributed by atoms with Crippen LogP contribution in [0, 0.1) is 12.8 Å². The molecule has 5 amide bonds. The maximum Gasteiger partial charge on any atom is 0.319 e. The summed E-state index contributed by atoms with van der Waals surface area (Å²) in [7, 11) is 0. The molecule has 10 nitrogen and oxygen atoms in total. The Bertz CT molecular complexity index is 1370. The van der Waals surface area contributed by atoms with Crippen LogP contribution in [-0.4, -0.2) is 53.7 Å². The molecule has 11 heteroatoms. The van der Waals surface area contributed by atoms with Crippen molar-refractivity contribution in [3.8, 4) is 0 Å². The molecule has 3 heterocycles. The molecule has 40 heavy (non-hydrogen) atoms. The highest BCUT2D eigenvalue weighted by atomic mass is 35.5. The highest BCUT2D eigenvalue weighted by Gasteiger charge is 2.39. The number of amides is 5. The molecular weight excluding hydrogens is 536 g/mol. The SMILES string of the molecule is Cc1c(Cl)cc(NC(=O)NCc2ccc3c(c2)C(=O)N(C2CCC(=O)NC2=O)C3)cc1CC1COC(C)(C)OC1. The summed E-state index contributed by atoms with van der Waals surface area (Å²) in [6, 6.07) is 7.97. The third-order valence-electron chi connectivity index (χ3n) is 7.60. The van der Waals surface area contributed by atoms with Crippen molar-refractivity contribution in [2.24, 2.45) is 5.92 Å². The van der Waals surface area contributed by atoms with Crippen molar-refractivity contribution < 1.29 is 28.7 Å². The normalized spacial score (nSPS) is 20.8. The molecule has 1 unspecified atom stereocenters. The maximum atomic E-state index is 13.1. The fraction of sp³-hybridized carbons (Fsp3) is 0.448. The number of ether oxygens (including phenoxy) is 2. The van der Waals surface area contributed by atoms with Crippen molar-refractivity contribution in [2.75, 3.05) is 18.5 Å². The first-order chi connectivity index (χ1) is 19.0. The van der Waals surface area contributed by atoms with Crippen LogP contribution in [0.2, 0.25) is 5.02 Å². The number of fused-ring (bicyclic) bond motifs is 1. The Labute approximate surface area is 237 Å². The lowest BCUT2D eigenvalue weighted by Gasteiger charge is -2.35. The van der Waals surface area contributed by atoms with Crippen LogP contribution in [0.15, 0.2) is 30.3 Å². The van der Waals surface area contributed by atoms with Crippen LogP contribution in [0.1, 0.15) is 59.3 Å². The number of rotatable bonds is 6. The highest BCUT2D eigenvalue weighted by Crippen LogP contribution is 2.30. The van der Waals surface area contributed by atoms with Crippen molar-refractivity contribution in [2.45, 2.75) is 65.0 Å². The number of anilines is 1. The third-order valence-corrected chi connectivity index (χ3v) is 7.99. The molecule has 212 valence electrons. The molecule has 3 aliphatic rings. The molecule has 0 aliphatic carbocycles. The molecule has 2 aromatic carbocycles. The van der Waals surface area contributed by atoms with E-state index in [9.17, 15) is 19.2 Å². The van der Waals surface area contributed by atoms with Crippen molar-refractivity contribution in [3.05, 3.63) is 63.2 Å². The minimum absolute atomic E-state index is 0.181. The van der Waals surface area contributed by atoms with E-state index in [1.165, 1.54) is 4.90 Å². The maximum absolute atomic E-state index is 13.1. The van der Waals surface area contributed by atoms with Gasteiger partial charge in [-0.3, -0.25) is 19.7 Å². The summed E-state index contributed by atoms with van der Waals surface area (Å²) in [5.41, 5.74) is 4.59. The first kappa shape index (κ1) is 28.1. The molecule has 0 aromatic heterocycles. The number of nitrogens with zero attached hydrogens (tertiary/aromatic N) is 1. The predicted octanol–water partition coefficient (Wildman–Crippen LogP) is 3.67. The van der Waals surface area contributed by atoms with E-state index in [1.807, 2.05) is 39.0 Å². The van der Waals surface area contributed by atoms with Gasteiger partial charge in [0, 0.05) is 41.7 Å². The van der Waals surface area contributed by atoms with Gasteiger partial charge in [0.1, 0.15) is 6.04 Å². The molecule has 1 atom stereocenters. The number of benzene rings is 2. The van der Waals surface area contributed by atoms with Gasteiger partial charge in [-0.1, -0.05) is 23.7 Å². The number of imide groups is 1. The van der Waals surface area contributed by atoms with Gasteiger partial charge in [-0.25, -0.2) is 4.79 Å². The zero-order valence-electron chi connectivity index (χ0n) is 22.8. The van der Waals surface area contributed by atoms with Crippen molar-refractivity contribution in [3.63, 3.8) is 0 Å². The standard InChI is InChI=1S/C29H33ClN4O6/c1-16-20(8-18-14-39-29(2,3)40-15-18)10-21(11-23(16)30)32-28(38)31-12-17-4-5-19-13-34(27(37)22(19)9-17)24-6-7-25(35)33-26(24)36/h4-5,9-11,18,24H,6-8,12-15H2,1-3H3,(H2,31,32,38)(H,33,35,36). The second-order valence-electron chi connectivity index (χ2n) is 11.0. The number of halogens is 1. The highest BCUT2D eigenvalue weighted by molar-refractivity contribution is 6.31. The van der Waals surface area contributed by atoms with E-state index < -0.39 is 23.8 Å². The van der Waals surface area contributed by atoms with Gasteiger partial charge in [-0.15, -0.1) is 0 Å². The van der Waals surface area contributed by atoms with E-state index in [2.05, 4.69) is 16.0 Å². The summed E-state index contributed by atoms with van der Waals surface area (Å²) in [6.07, 6.45) is 1.22. The molecule has 5 rings (SSSR count). The summed E-state index contributed by atoms with van der Waals surface area (Å²) in [6.45, 7) is 7.41. The first-order valence-electron chi connectivity index (χ1n) is 13.4. The van der Waals surface area contributed by atoms with E-state index in [1.54, 1.807) is 12.1 Å². The largest absolute Gasteiger partial charge is 0.350 e. The fourth-order valence-corrected chi connectivity index (χ4v) is 5.48. The van der Waals surface area contributed by atoms with Gasteiger partial charge < -0.3 is 25.0 Å². The zero-order valence-corrected chi connectivity index (χ0v) is 23.5. The van der Waals surface area contributed by atoms with Crippen molar-refractivity contribution in [1.82, 2.24) is 15.5 Å². The molecule has 2 aromatic rings. The lowest BCUT2D eigenvalue weighted by Crippen LogP contribution is -2.52. The van der Waals surface area contributed by atoms with Gasteiger partial charge in [-0.05, 0) is 74.1 Å². The molecular formula is C29H33ClN4O6. The molecule has 2 saturated heterocycles. The minimum Gasteiger partial charge on any atom is -0.350 e. The average molecular weight is 569 g/mol. The van der Waals surface area contributed by atoms with Gasteiger partial charge >= 0.3 is 6.03 Å². The molecule has 2 fully saturated rings. The summed E-state index contributed by atoms with van der Waals surface area (Å²) >= 11 is 6.48. The molecule has 3 N–H and O–H groups in total. The van der Waals surface area contributed by atoms with Crippen molar-refractivity contribution >= 4 is 41.0 Å². The molecule has 0 saturated carbocycles. The second-order valence-corrected chi connectivity index (χ2v) is 11.4. The Balaban J connectivity index is 1.18. The van der Waals surface area contributed by atoms with Gasteiger partial charge in [0.25, 0.3) is 5.91 Å². The molecule has 3 aliphatic heterocycles. The van der Waals surface area contributed by atoms with Crippen LogP contribution in [0.4, 0.5) is 10.5 Å². The van der Waals surface area contributed by atoms with Gasteiger partial charge in [-0.2, -0.15) is 0 Å². The number of carbonyl (C=O) groups is 4. The Hall–Kier alpha value is -3.47. The van der Waals surface area contributed by atoms with Gasteiger partial charge in [0.05, 0.1) is 13.2 Å². The summed E-state index contributed by atoms with van der Waals surface area (Å²) in [5, 5.41) is 8.53. The topological polar surface area (TPSA) is 126 Å². The average Bonchev–Trinajstić information content (AvgIpc) is 3.22. The number of piperidine rings is 1. The number of hydrogen-bond acceptors (Lipinski definition) is 6. The van der Waals surface area contributed by atoms with Crippen LogP contribution >= 0.6 is 11.6 Å². The predicted molar refractivity (Wildman–Crippen MR) is 148 cm³/mol. The smallest absolute Gasteiger partial charge is 0.319 e. The van der Waals surface area contributed by atoms with Crippen LogP contribution in [0.5, 0.6) is 0 Å². The van der Waals surface area contributed by atoms with Crippen LogP contribution in [0.25, 0.3) is 0 Å². The quantitative estimate of drug-likeness (QED) is 0.457. The number of hydrogen-bond donors (Lipinski definition) is 3. The second kappa shape index (κ2) is 11.2. The number of urea groups is 1. The first-order valence-corrected chi connectivity index (χ1v) is 13.7. The van der Waals surface area contributed by atoms with E-state index in [0.29, 0.717) is 48.9 Å². The molecule has 0 radical (unpaired) electrons. The Kier molecular flexibility index (Phi) is 7.85. The summed E-state index contributed by atoms with van der Waals surface area (Å²) in [4.78, 5) is 51.0. The van der Waals surface area contributed by atoms with E-state index in [-0.39, 0.29) is 30.7 Å². The summed E-state index contributed by atoms with van der Waals surface area (Å²) in [5.74, 6) is -1.42. The van der Waals surface area contributed by atoms with E-state index in [0.717, 1.165) is 22.3 Å². The van der Waals surface area contributed by atoms with E-state index >= 15 is 0 Å². The fourth-order valence-electron chi connectivity index (χ4n) is 5.25. The van der Waals surface area contributed by atoms with E-state index in [4.69, 9.17) is 21.1 Å². The molecule has 0 bridgehead atoms. The summed E-state index contributed by atoms with van der Waals surface area (Å²) < 4.78 is 11.6. The lowest BCUT2D eigenvalue weighted by atomic mass is 9.95. The third kappa shape index (κ3) is 6.14. The van der Waals surface area contributed by atoms with Crippen molar-refractivity contribution in [1.29, 1.82) is 0 Å². The number of carbonyl (C=O) groups excluding carboxylic acids is 4. The van der Waals surface area contributed by atoms with Gasteiger partial charge in [0.15, 0.2) is 5.79 Å². The Morgan fingerprint density at radius 2 is 1.90 bits per heavy atom. The zero-order chi connectivity index (χ0) is 28.6.